The zero-order valence-corrected chi connectivity index (χ0v) is 13.5. The van der Waals surface area contributed by atoms with Crippen LogP contribution in [0.4, 0.5) is 0 Å². The van der Waals surface area contributed by atoms with Crippen LogP contribution in [0.2, 0.25) is 0 Å². The summed E-state index contributed by atoms with van der Waals surface area (Å²) < 4.78 is 28.0. The van der Waals surface area contributed by atoms with Crippen LogP contribution in [0.3, 0.4) is 0 Å². The highest BCUT2D eigenvalue weighted by atomic mass is 32.2. The van der Waals surface area contributed by atoms with Crippen LogP contribution in [0.25, 0.3) is 0 Å². The van der Waals surface area contributed by atoms with Crippen molar-refractivity contribution < 1.29 is 8.42 Å². The molecule has 19 heavy (non-hydrogen) atoms. The summed E-state index contributed by atoms with van der Waals surface area (Å²) in [7, 11) is -1.58. The minimum Gasteiger partial charge on any atom is -0.317 e. The van der Waals surface area contributed by atoms with Crippen LogP contribution in [-0.2, 0) is 10.2 Å². The Labute approximate surface area is 118 Å². The highest BCUT2D eigenvalue weighted by Gasteiger charge is 2.32. The van der Waals surface area contributed by atoms with E-state index >= 15 is 0 Å². The molecule has 0 aromatic heterocycles. The predicted molar refractivity (Wildman–Crippen MR) is 79.3 cm³/mol. The van der Waals surface area contributed by atoms with Crippen molar-refractivity contribution in [2.45, 2.75) is 46.1 Å². The molecule has 0 radical (unpaired) electrons. The first-order chi connectivity index (χ1) is 8.93. The average molecular weight is 291 g/mol. The second-order valence-electron chi connectivity index (χ2n) is 5.43. The van der Waals surface area contributed by atoms with Crippen LogP contribution in [0.15, 0.2) is 0 Å². The quantitative estimate of drug-likeness (QED) is 0.769. The van der Waals surface area contributed by atoms with Gasteiger partial charge in [-0.15, -0.1) is 0 Å². The summed E-state index contributed by atoms with van der Waals surface area (Å²) >= 11 is 0. The van der Waals surface area contributed by atoms with E-state index in [1.165, 1.54) is 4.31 Å². The molecule has 1 aliphatic heterocycles. The number of nitrogens with zero attached hydrogens (tertiary/aromatic N) is 2. The summed E-state index contributed by atoms with van der Waals surface area (Å²) in [6.45, 7) is 9.36. The van der Waals surface area contributed by atoms with Gasteiger partial charge >= 0.3 is 0 Å². The van der Waals surface area contributed by atoms with Crippen molar-refractivity contribution >= 4 is 10.2 Å². The van der Waals surface area contributed by atoms with E-state index < -0.39 is 10.2 Å². The summed E-state index contributed by atoms with van der Waals surface area (Å²) in [6, 6.07) is 0.0597. The minimum atomic E-state index is -3.27. The SMILES string of the molecule is CCNCC1CCN(S(=O)(=O)N(C)C(C)CC)CC1. The van der Waals surface area contributed by atoms with Gasteiger partial charge in [-0.25, -0.2) is 0 Å². The van der Waals surface area contributed by atoms with Crippen molar-refractivity contribution in [1.82, 2.24) is 13.9 Å². The summed E-state index contributed by atoms with van der Waals surface area (Å²) in [5.41, 5.74) is 0. The Bertz CT molecular complexity index is 351. The molecule has 0 saturated carbocycles. The molecule has 0 bridgehead atoms. The number of hydrogen-bond donors (Lipinski definition) is 1. The molecule has 0 aliphatic carbocycles. The Kier molecular flexibility index (Phi) is 6.73. The molecule has 1 unspecified atom stereocenters. The lowest BCUT2D eigenvalue weighted by atomic mass is 9.98. The molecule has 1 fully saturated rings. The fourth-order valence-corrected chi connectivity index (χ4v) is 4.00. The Morgan fingerprint density at radius 2 is 1.89 bits per heavy atom. The lowest BCUT2D eigenvalue weighted by Crippen LogP contribution is -2.49. The predicted octanol–water partition coefficient (Wildman–Crippen LogP) is 1.28. The Balaban J connectivity index is 2.54. The Morgan fingerprint density at radius 1 is 1.32 bits per heavy atom. The molecular formula is C13H29N3O2S. The first-order valence-electron chi connectivity index (χ1n) is 7.37. The second-order valence-corrected chi connectivity index (χ2v) is 7.42. The van der Waals surface area contributed by atoms with Crippen molar-refractivity contribution in [3.05, 3.63) is 0 Å². The third-order valence-electron chi connectivity index (χ3n) is 4.16. The lowest BCUT2D eigenvalue weighted by molar-refractivity contribution is 0.246. The standard InChI is InChI=1S/C13H29N3O2S/c1-5-12(3)15(4)19(17,18)16-9-7-13(8-10-16)11-14-6-2/h12-14H,5-11H2,1-4H3. The largest absolute Gasteiger partial charge is 0.317 e. The van der Waals surface area contributed by atoms with E-state index in [-0.39, 0.29) is 6.04 Å². The molecule has 0 aromatic carbocycles. The van der Waals surface area contributed by atoms with Gasteiger partial charge in [-0.1, -0.05) is 13.8 Å². The maximum atomic E-state index is 12.4. The highest BCUT2D eigenvalue weighted by Crippen LogP contribution is 2.21. The van der Waals surface area contributed by atoms with Crippen LogP contribution in [0, 0.1) is 5.92 Å². The lowest BCUT2D eigenvalue weighted by Gasteiger charge is -2.35. The van der Waals surface area contributed by atoms with Gasteiger partial charge in [0.25, 0.3) is 10.2 Å². The molecule has 1 atom stereocenters. The van der Waals surface area contributed by atoms with Crippen molar-refractivity contribution in [1.29, 1.82) is 0 Å². The zero-order valence-electron chi connectivity index (χ0n) is 12.7. The monoisotopic (exact) mass is 291 g/mol. The molecular weight excluding hydrogens is 262 g/mol. The molecule has 114 valence electrons. The van der Waals surface area contributed by atoms with Crippen LogP contribution < -0.4 is 5.32 Å². The first-order valence-corrected chi connectivity index (χ1v) is 8.76. The van der Waals surface area contributed by atoms with Crippen molar-refractivity contribution in [3.63, 3.8) is 0 Å². The van der Waals surface area contributed by atoms with Gasteiger partial charge in [0.2, 0.25) is 0 Å². The Morgan fingerprint density at radius 3 is 2.37 bits per heavy atom. The van der Waals surface area contributed by atoms with E-state index in [4.69, 9.17) is 0 Å². The topological polar surface area (TPSA) is 52.7 Å². The summed E-state index contributed by atoms with van der Waals surface area (Å²) in [5.74, 6) is 0.611. The normalized spacial score (nSPS) is 20.9. The minimum absolute atomic E-state index is 0.0597. The van der Waals surface area contributed by atoms with Gasteiger partial charge in [-0.05, 0) is 45.2 Å². The van der Waals surface area contributed by atoms with Crippen molar-refractivity contribution in [2.24, 2.45) is 5.92 Å². The van der Waals surface area contributed by atoms with E-state index in [2.05, 4.69) is 12.2 Å². The fourth-order valence-electron chi connectivity index (χ4n) is 2.36. The molecule has 1 heterocycles. The van der Waals surface area contributed by atoms with Gasteiger partial charge in [0, 0.05) is 26.2 Å². The molecule has 1 saturated heterocycles. The number of hydrogen-bond acceptors (Lipinski definition) is 3. The molecule has 1 rings (SSSR count). The van der Waals surface area contributed by atoms with Gasteiger partial charge in [-0.3, -0.25) is 0 Å². The van der Waals surface area contributed by atoms with Crippen molar-refractivity contribution in [3.8, 4) is 0 Å². The van der Waals surface area contributed by atoms with Gasteiger partial charge in [0.15, 0.2) is 0 Å². The van der Waals surface area contributed by atoms with Gasteiger partial charge in [0.05, 0.1) is 0 Å². The van der Waals surface area contributed by atoms with Gasteiger partial charge in [-0.2, -0.15) is 17.0 Å². The van der Waals surface area contributed by atoms with Crippen LogP contribution in [0.1, 0.15) is 40.0 Å². The van der Waals surface area contributed by atoms with E-state index in [9.17, 15) is 8.42 Å². The summed E-state index contributed by atoms with van der Waals surface area (Å²) in [5, 5.41) is 3.34. The summed E-state index contributed by atoms with van der Waals surface area (Å²) in [4.78, 5) is 0. The second kappa shape index (κ2) is 7.57. The molecule has 0 amide bonds. The molecule has 1 N–H and O–H groups in total. The van der Waals surface area contributed by atoms with E-state index in [0.717, 1.165) is 32.4 Å². The van der Waals surface area contributed by atoms with E-state index in [1.807, 2.05) is 13.8 Å². The van der Waals surface area contributed by atoms with Gasteiger partial charge in [0.1, 0.15) is 0 Å². The fraction of sp³-hybridized carbons (Fsp3) is 1.00. The Hall–Kier alpha value is -0.170. The van der Waals surface area contributed by atoms with Crippen LogP contribution in [0.5, 0.6) is 0 Å². The number of piperidine rings is 1. The third kappa shape index (κ3) is 4.41. The number of nitrogens with one attached hydrogen (secondary N) is 1. The number of rotatable bonds is 7. The molecule has 1 aliphatic rings. The van der Waals surface area contributed by atoms with Gasteiger partial charge < -0.3 is 5.32 Å². The zero-order chi connectivity index (χ0) is 14.5. The third-order valence-corrected chi connectivity index (χ3v) is 6.26. The van der Waals surface area contributed by atoms with E-state index in [1.54, 1.807) is 11.4 Å². The van der Waals surface area contributed by atoms with Crippen LogP contribution >= 0.6 is 0 Å². The maximum absolute atomic E-state index is 12.4. The first kappa shape index (κ1) is 16.9. The molecule has 5 nitrogen and oxygen atoms in total. The van der Waals surface area contributed by atoms with Crippen molar-refractivity contribution in [2.75, 3.05) is 33.2 Å². The smallest absolute Gasteiger partial charge is 0.281 e. The summed E-state index contributed by atoms with van der Waals surface area (Å²) in [6.07, 6.45) is 2.76. The van der Waals surface area contributed by atoms with E-state index in [0.29, 0.717) is 19.0 Å². The maximum Gasteiger partial charge on any atom is 0.281 e. The molecule has 0 aromatic rings. The molecule has 0 spiro atoms. The average Bonchev–Trinajstić information content (AvgIpc) is 2.43. The van der Waals surface area contributed by atoms with Crippen LogP contribution in [-0.4, -0.2) is 56.3 Å². The molecule has 6 heteroatoms. The highest BCUT2D eigenvalue weighted by molar-refractivity contribution is 7.86.